The third-order valence-corrected chi connectivity index (χ3v) is 6.08. The summed E-state index contributed by atoms with van der Waals surface area (Å²) < 4.78 is 14.1. The molecule has 3 fully saturated rings. The number of halogens is 1. The number of carboxylic acid groups (broad SMARTS) is 1. The largest absolute Gasteiger partial charge is 0.481 e. The minimum absolute atomic E-state index is 0.120. The second-order valence-electron chi connectivity index (χ2n) is 7.18. The third kappa shape index (κ3) is 2.05. The van der Waals surface area contributed by atoms with E-state index in [-0.39, 0.29) is 11.7 Å². The molecule has 126 valence electrons. The molecule has 0 unspecified atom stereocenters. The van der Waals surface area contributed by atoms with Crippen LogP contribution in [0.5, 0.6) is 0 Å². The van der Waals surface area contributed by atoms with Crippen molar-refractivity contribution in [1.29, 1.82) is 0 Å². The van der Waals surface area contributed by atoms with Gasteiger partial charge < -0.3 is 15.4 Å². The van der Waals surface area contributed by atoms with Crippen LogP contribution in [0.25, 0.3) is 10.9 Å². The van der Waals surface area contributed by atoms with Crippen molar-refractivity contribution in [2.24, 2.45) is 10.8 Å². The number of aromatic amines is 1. The van der Waals surface area contributed by atoms with Crippen molar-refractivity contribution in [1.82, 2.24) is 4.98 Å². The molecule has 3 aliphatic carbocycles. The fraction of sp³-hybridized carbons (Fsp3) is 0.444. The molecule has 6 heteroatoms. The number of aromatic nitrogens is 1. The first-order chi connectivity index (χ1) is 11.5. The monoisotopic (exact) mass is 330 g/mol. The number of anilines is 1. The minimum atomic E-state index is -0.741. The Kier molecular flexibility index (Phi) is 3.20. The van der Waals surface area contributed by atoms with Crippen LogP contribution < -0.4 is 5.32 Å². The minimum Gasteiger partial charge on any atom is -0.481 e. The topological polar surface area (TPSA) is 82.2 Å². The van der Waals surface area contributed by atoms with E-state index in [0.29, 0.717) is 55.1 Å². The van der Waals surface area contributed by atoms with E-state index in [4.69, 9.17) is 0 Å². The molecule has 5 nitrogen and oxygen atoms in total. The van der Waals surface area contributed by atoms with Gasteiger partial charge in [0.15, 0.2) is 0 Å². The van der Waals surface area contributed by atoms with Gasteiger partial charge in [0.2, 0.25) is 5.91 Å². The number of carbonyl (C=O) groups excluding carboxylic acids is 1. The predicted molar refractivity (Wildman–Crippen MR) is 87.1 cm³/mol. The summed E-state index contributed by atoms with van der Waals surface area (Å²) >= 11 is 0. The van der Waals surface area contributed by atoms with Crippen molar-refractivity contribution in [2.45, 2.75) is 38.5 Å². The van der Waals surface area contributed by atoms with Crippen LogP contribution in [0.4, 0.5) is 10.1 Å². The third-order valence-electron chi connectivity index (χ3n) is 6.08. The number of fused-ring (bicyclic) bond motifs is 4. The summed E-state index contributed by atoms with van der Waals surface area (Å²) in [4.78, 5) is 27.3. The predicted octanol–water partition coefficient (Wildman–Crippen LogP) is 3.67. The number of nitrogens with one attached hydrogen (secondary N) is 2. The molecule has 3 N–H and O–H groups in total. The Balaban J connectivity index is 1.58. The summed E-state index contributed by atoms with van der Waals surface area (Å²) in [7, 11) is 0. The maximum Gasteiger partial charge on any atom is 0.309 e. The van der Waals surface area contributed by atoms with Crippen LogP contribution >= 0.6 is 0 Å². The van der Waals surface area contributed by atoms with Crippen molar-refractivity contribution in [3.63, 3.8) is 0 Å². The Morgan fingerprint density at radius 1 is 1.08 bits per heavy atom. The number of amides is 1. The highest BCUT2D eigenvalue weighted by Crippen LogP contribution is 2.57. The van der Waals surface area contributed by atoms with Crippen LogP contribution in [0, 0.1) is 16.6 Å². The first kappa shape index (κ1) is 15.2. The van der Waals surface area contributed by atoms with Crippen molar-refractivity contribution in [3.8, 4) is 0 Å². The number of H-pyrrole nitrogens is 1. The average molecular weight is 330 g/mol. The van der Waals surface area contributed by atoms with E-state index in [1.54, 1.807) is 18.3 Å². The standard InChI is InChI=1S/C18H19FN2O3/c19-11-2-1-3-12-14(11)13(10-20-12)21-15(22)17-4-7-18(8-5-17,9-6-17)16(23)24/h1-3,10,20H,4-9H2,(H,21,22)(H,23,24). The number of carbonyl (C=O) groups is 2. The van der Waals surface area contributed by atoms with Crippen molar-refractivity contribution in [3.05, 3.63) is 30.2 Å². The van der Waals surface area contributed by atoms with E-state index in [9.17, 15) is 19.1 Å². The zero-order valence-corrected chi connectivity index (χ0v) is 13.2. The van der Waals surface area contributed by atoms with Gasteiger partial charge >= 0.3 is 5.97 Å². The number of carboxylic acids is 1. The lowest BCUT2D eigenvalue weighted by molar-refractivity contribution is -0.162. The summed E-state index contributed by atoms with van der Waals surface area (Å²) in [5.41, 5.74) is -0.0795. The molecular weight excluding hydrogens is 311 g/mol. The Morgan fingerprint density at radius 2 is 1.71 bits per heavy atom. The van der Waals surface area contributed by atoms with E-state index in [0.717, 1.165) is 0 Å². The molecule has 1 aromatic carbocycles. The second kappa shape index (κ2) is 5.06. The first-order valence-electron chi connectivity index (χ1n) is 8.26. The molecule has 24 heavy (non-hydrogen) atoms. The molecule has 5 rings (SSSR count). The summed E-state index contributed by atoms with van der Waals surface area (Å²) in [5, 5.41) is 12.7. The van der Waals surface area contributed by atoms with Crippen molar-refractivity contribution < 1.29 is 19.1 Å². The Bertz CT molecular complexity index is 817. The van der Waals surface area contributed by atoms with Gasteiger partial charge in [-0.15, -0.1) is 0 Å². The number of benzene rings is 1. The van der Waals surface area contributed by atoms with E-state index in [1.165, 1.54) is 6.07 Å². The maximum absolute atomic E-state index is 14.1. The van der Waals surface area contributed by atoms with Crippen LogP contribution in [0.2, 0.25) is 0 Å². The van der Waals surface area contributed by atoms with E-state index in [1.807, 2.05) is 0 Å². The number of rotatable bonds is 3. The molecule has 3 aliphatic rings. The maximum atomic E-state index is 14.1. The molecule has 0 atom stereocenters. The molecule has 1 heterocycles. The lowest BCUT2D eigenvalue weighted by atomic mass is 9.53. The average Bonchev–Trinajstić information content (AvgIpc) is 3.01. The van der Waals surface area contributed by atoms with Gasteiger partial charge in [0.25, 0.3) is 0 Å². The lowest BCUT2D eigenvalue weighted by Gasteiger charge is -2.50. The van der Waals surface area contributed by atoms with Crippen LogP contribution in [-0.2, 0) is 9.59 Å². The zero-order valence-electron chi connectivity index (χ0n) is 13.2. The number of aliphatic carboxylic acids is 1. The normalized spacial score (nSPS) is 28.9. The molecular formula is C18H19FN2O3. The molecule has 0 aliphatic heterocycles. The highest BCUT2D eigenvalue weighted by molar-refractivity contribution is 6.04. The molecule has 1 aromatic heterocycles. The highest BCUT2D eigenvalue weighted by Gasteiger charge is 2.55. The van der Waals surface area contributed by atoms with Gasteiger partial charge in [-0.1, -0.05) is 6.07 Å². The van der Waals surface area contributed by atoms with E-state index in [2.05, 4.69) is 10.3 Å². The van der Waals surface area contributed by atoms with Crippen molar-refractivity contribution in [2.75, 3.05) is 5.32 Å². The fourth-order valence-corrected chi connectivity index (χ4v) is 4.34. The lowest BCUT2D eigenvalue weighted by Crippen LogP contribution is -2.50. The molecule has 0 radical (unpaired) electrons. The Morgan fingerprint density at radius 3 is 2.33 bits per heavy atom. The SMILES string of the molecule is O=C(O)C12CCC(C(=O)Nc3c[nH]c4cccc(F)c34)(CC1)CC2. The van der Waals surface area contributed by atoms with Gasteiger partial charge in [-0.25, -0.2) is 4.39 Å². The number of hydrogen-bond acceptors (Lipinski definition) is 2. The van der Waals surface area contributed by atoms with Crippen LogP contribution in [0.1, 0.15) is 38.5 Å². The molecule has 2 aromatic rings. The second-order valence-corrected chi connectivity index (χ2v) is 7.18. The van der Waals surface area contributed by atoms with E-state index >= 15 is 0 Å². The van der Waals surface area contributed by atoms with Crippen molar-refractivity contribution >= 4 is 28.5 Å². The summed E-state index contributed by atoms with van der Waals surface area (Å²) in [6, 6.07) is 4.74. The Labute approximate surface area is 138 Å². The van der Waals surface area contributed by atoms with E-state index < -0.39 is 16.8 Å². The van der Waals surface area contributed by atoms with Gasteiger partial charge in [-0.2, -0.15) is 0 Å². The summed E-state index contributed by atoms with van der Waals surface area (Å²) in [6.45, 7) is 0. The number of hydrogen-bond donors (Lipinski definition) is 3. The molecule has 2 bridgehead atoms. The fourth-order valence-electron chi connectivity index (χ4n) is 4.34. The first-order valence-corrected chi connectivity index (χ1v) is 8.26. The van der Waals surface area contributed by atoms with Crippen LogP contribution in [-0.4, -0.2) is 22.0 Å². The highest BCUT2D eigenvalue weighted by atomic mass is 19.1. The molecule has 1 amide bonds. The molecule has 0 saturated heterocycles. The zero-order chi connectivity index (χ0) is 16.9. The van der Waals surface area contributed by atoms with Gasteiger partial charge in [0, 0.05) is 11.6 Å². The molecule has 0 spiro atoms. The smallest absolute Gasteiger partial charge is 0.309 e. The van der Waals surface area contributed by atoms with Gasteiger partial charge in [-0.3, -0.25) is 9.59 Å². The van der Waals surface area contributed by atoms with Gasteiger partial charge in [-0.05, 0) is 50.7 Å². The quantitative estimate of drug-likeness (QED) is 0.803. The Hall–Kier alpha value is -2.37. The molecule has 3 saturated carbocycles. The van der Waals surface area contributed by atoms with Crippen LogP contribution in [0.3, 0.4) is 0 Å². The van der Waals surface area contributed by atoms with Gasteiger partial charge in [0.1, 0.15) is 5.82 Å². The summed E-state index contributed by atoms with van der Waals surface area (Å²) in [5.74, 6) is -1.24. The summed E-state index contributed by atoms with van der Waals surface area (Å²) in [6.07, 6.45) is 4.96. The van der Waals surface area contributed by atoms with Gasteiger partial charge in [0.05, 0.1) is 22.0 Å². The van der Waals surface area contributed by atoms with Crippen LogP contribution in [0.15, 0.2) is 24.4 Å².